The lowest BCUT2D eigenvalue weighted by Crippen LogP contribution is -2.36. The molecule has 27 heavy (non-hydrogen) atoms. The largest absolute Gasteiger partial charge is 0.502 e. The van der Waals surface area contributed by atoms with E-state index >= 15 is 0 Å². The molecule has 1 aliphatic rings. The number of carbonyl (C=O) groups excluding carboxylic acids is 1. The molecule has 0 spiro atoms. The Kier molecular flexibility index (Phi) is 5.52. The van der Waals surface area contributed by atoms with Gasteiger partial charge in [0.25, 0.3) is 0 Å². The number of rotatable bonds is 6. The molecule has 0 aromatic heterocycles. The minimum absolute atomic E-state index is 0.122. The van der Waals surface area contributed by atoms with Crippen molar-refractivity contribution in [3.05, 3.63) is 47.5 Å². The van der Waals surface area contributed by atoms with Crippen LogP contribution in [0, 0.1) is 0 Å². The number of phenolic OH excluding ortho intramolecular Hbond substituents is 1. The van der Waals surface area contributed by atoms with Crippen molar-refractivity contribution in [1.29, 1.82) is 0 Å². The van der Waals surface area contributed by atoms with Crippen LogP contribution >= 0.6 is 0 Å². The zero-order valence-electron chi connectivity index (χ0n) is 14.9. The first kappa shape index (κ1) is 18.6. The van der Waals surface area contributed by atoms with Gasteiger partial charge < -0.3 is 29.2 Å². The lowest BCUT2D eigenvalue weighted by molar-refractivity contribution is -0.104. The molecule has 0 bridgehead atoms. The smallest absolute Gasteiger partial charge is 0.200 e. The summed E-state index contributed by atoms with van der Waals surface area (Å²) in [6, 6.07) is 8.45. The van der Waals surface area contributed by atoms with E-state index in [0.29, 0.717) is 23.3 Å². The van der Waals surface area contributed by atoms with Gasteiger partial charge in [-0.25, -0.2) is 0 Å². The summed E-state index contributed by atoms with van der Waals surface area (Å²) in [6.07, 6.45) is 2.41. The molecule has 1 aliphatic heterocycles. The van der Waals surface area contributed by atoms with Gasteiger partial charge in [-0.1, -0.05) is 12.1 Å². The number of aliphatic hydroxyl groups excluding tert-OH is 1. The van der Waals surface area contributed by atoms with Crippen LogP contribution < -0.4 is 18.9 Å². The molecule has 1 heterocycles. The highest BCUT2D eigenvalue weighted by atomic mass is 16.6. The second kappa shape index (κ2) is 8.01. The molecule has 0 amide bonds. The highest BCUT2D eigenvalue weighted by Gasteiger charge is 2.34. The van der Waals surface area contributed by atoms with Crippen molar-refractivity contribution in [2.24, 2.45) is 0 Å². The predicted molar refractivity (Wildman–Crippen MR) is 97.6 cm³/mol. The fourth-order valence-electron chi connectivity index (χ4n) is 2.90. The van der Waals surface area contributed by atoms with Gasteiger partial charge in [0.05, 0.1) is 20.8 Å². The van der Waals surface area contributed by atoms with E-state index < -0.39 is 12.2 Å². The van der Waals surface area contributed by atoms with E-state index in [9.17, 15) is 15.0 Å². The third-order valence-electron chi connectivity index (χ3n) is 4.22. The van der Waals surface area contributed by atoms with E-state index in [0.717, 1.165) is 5.56 Å². The highest BCUT2D eigenvalue weighted by Crippen LogP contribution is 2.44. The number of methoxy groups -OCH3 is 2. The van der Waals surface area contributed by atoms with Crippen LogP contribution in [0.4, 0.5) is 0 Å². The van der Waals surface area contributed by atoms with Crippen LogP contribution in [0.25, 0.3) is 6.08 Å². The monoisotopic (exact) mass is 372 g/mol. The maximum Gasteiger partial charge on any atom is 0.200 e. The van der Waals surface area contributed by atoms with Crippen molar-refractivity contribution in [2.75, 3.05) is 20.8 Å². The molecule has 0 saturated carbocycles. The quantitative estimate of drug-likeness (QED) is 0.594. The molecule has 0 unspecified atom stereocenters. The van der Waals surface area contributed by atoms with Gasteiger partial charge in [0.1, 0.15) is 6.29 Å². The molecule has 2 aromatic rings. The van der Waals surface area contributed by atoms with Gasteiger partial charge in [0.15, 0.2) is 35.2 Å². The number of hydrogen-bond donors (Lipinski definition) is 2. The van der Waals surface area contributed by atoms with Crippen LogP contribution in [0.3, 0.4) is 0 Å². The first-order valence-corrected chi connectivity index (χ1v) is 8.26. The maximum absolute atomic E-state index is 10.5. The topological polar surface area (TPSA) is 94.5 Å². The van der Waals surface area contributed by atoms with Crippen molar-refractivity contribution >= 4 is 12.4 Å². The number of aromatic hydroxyl groups is 1. The second-order valence-electron chi connectivity index (χ2n) is 5.85. The number of fused-ring (bicyclic) bond motifs is 1. The summed E-state index contributed by atoms with van der Waals surface area (Å²) in [7, 11) is 2.86. The van der Waals surface area contributed by atoms with Crippen molar-refractivity contribution in [2.45, 2.75) is 12.2 Å². The number of hydrogen-bond acceptors (Lipinski definition) is 7. The SMILES string of the molecule is COc1cc([C@@H]2Oc3cc(/C=C/C=O)ccc3O[C@H]2CO)cc(OC)c1O. The molecule has 0 saturated heterocycles. The van der Waals surface area contributed by atoms with Gasteiger partial charge in [0.2, 0.25) is 5.75 Å². The molecule has 142 valence electrons. The molecule has 2 aromatic carbocycles. The summed E-state index contributed by atoms with van der Waals surface area (Å²) in [4.78, 5) is 10.5. The standard InChI is InChI=1S/C20H20O7/c1-24-16-9-13(10-17(25-2)19(16)23)20-18(11-22)26-14-6-5-12(4-3-7-21)8-15(14)27-20/h3-10,18,20,22-23H,11H2,1-2H3/b4-3+/t18-,20-/m0/s1. The molecule has 0 fully saturated rings. The number of carbonyl (C=O) groups is 1. The van der Waals surface area contributed by atoms with Crippen LogP contribution in [-0.4, -0.2) is 43.4 Å². The van der Waals surface area contributed by atoms with Gasteiger partial charge >= 0.3 is 0 Å². The third kappa shape index (κ3) is 3.68. The number of aliphatic hydroxyl groups is 1. The van der Waals surface area contributed by atoms with Gasteiger partial charge in [-0.2, -0.15) is 0 Å². The molecule has 2 N–H and O–H groups in total. The normalized spacial score (nSPS) is 18.3. The number of aldehydes is 1. The van der Waals surface area contributed by atoms with E-state index in [1.807, 2.05) is 0 Å². The fraction of sp³-hybridized carbons (Fsp3) is 0.250. The van der Waals surface area contributed by atoms with Crippen molar-refractivity contribution in [3.63, 3.8) is 0 Å². The minimum atomic E-state index is -0.659. The van der Waals surface area contributed by atoms with E-state index in [1.165, 1.54) is 20.3 Å². The Hall–Kier alpha value is -3.19. The van der Waals surface area contributed by atoms with Crippen LogP contribution in [-0.2, 0) is 4.79 Å². The summed E-state index contributed by atoms with van der Waals surface area (Å²) in [5, 5.41) is 19.9. The van der Waals surface area contributed by atoms with Crippen molar-refractivity contribution in [1.82, 2.24) is 0 Å². The lowest BCUT2D eigenvalue weighted by Gasteiger charge is -2.33. The van der Waals surface area contributed by atoms with Gasteiger partial charge in [-0.3, -0.25) is 4.79 Å². The molecule has 7 nitrogen and oxygen atoms in total. The Morgan fingerprint density at radius 2 is 1.78 bits per heavy atom. The van der Waals surface area contributed by atoms with Crippen molar-refractivity contribution < 1.29 is 34.0 Å². The Morgan fingerprint density at radius 1 is 1.07 bits per heavy atom. The summed E-state index contributed by atoms with van der Waals surface area (Å²) in [5.74, 6) is 1.29. The van der Waals surface area contributed by atoms with Gasteiger partial charge in [0, 0.05) is 5.56 Å². The summed E-state index contributed by atoms with van der Waals surface area (Å²) >= 11 is 0. The van der Waals surface area contributed by atoms with Crippen LogP contribution in [0.15, 0.2) is 36.4 Å². The average molecular weight is 372 g/mol. The molecule has 3 rings (SSSR count). The van der Waals surface area contributed by atoms with E-state index in [4.69, 9.17) is 18.9 Å². The molecule has 0 aliphatic carbocycles. The molecular formula is C20H20O7. The van der Waals surface area contributed by atoms with Gasteiger partial charge in [-0.15, -0.1) is 0 Å². The first-order valence-electron chi connectivity index (χ1n) is 8.26. The average Bonchev–Trinajstić information content (AvgIpc) is 2.71. The highest BCUT2D eigenvalue weighted by molar-refractivity contribution is 5.74. The molecule has 7 heteroatoms. The first-order chi connectivity index (χ1) is 13.1. The van der Waals surface area contributed by atoms with E-state index in [2.05, 4.69) is 0 Å². The zero-order valence-corrected chi connectivity index (χ0v) is 14.9. The number of benzene rings is 2. The van der Waals surface area contributed by atoms with Crippen LogP contribution in [0.2, 0.25) is 0 Å². The third-order valence-corrected chi connectivity index (χ3v) is 4.22. The second-order valence-corrected chi connectivity index (χ2v) is 5.85. The summed E-state index contributed by atoms with van der Waals surface area (Å²) in [5.41, 5.74) is 1.38. The Morgan fingerprint density at radius 3 is 2.37 bits per heavy atom. The summed E-state index contributed by atoms with van der Waals surface area (Å²) < 4.78 is 22.3. The summed E-state index contributed by atoms with van der Waals surface area (Å²) in [6.45, 7) is -0.275. The maximum atomic E-state index is 10.5. The number of allylic oxidation sites excluding steroid dienone is 1. The molecule has 0 radical (unpaired) electrons. The lowest BCUT2D eigenvalue weighted by atomic mass is 10.0. The number of phenols is 1. The fourth-order valence-corrected chi connectivity index (χ4v) is 2.90. The predicted octanol–water partition coefficient (Wildman–Crippen LogP) is 2.49. The zero-order chi connectivity index (χ0) is 19.4. The van der Waals surface area contributed by atoms with E-state index in [1.54, 1.807) is 36.4 Å². The van der Waals surface area contributed by atoms with E-state index in [-0.39, 0.29) is 23.9 Å². The molecular weight excluding hydrogens is 352 g/mol. The van der Waals surface area contributed by atoms with Crippen LogP contribution in [0.1, 0.15) is 17.2 Å². The Bertz CT molecular complexity index is 834. The van der Waals surface area contributed by atoms with Gasteiger partial charge in [-0.05, 0) is 35.9 Å². The Labute approximate surface area is 156 Å². The van der Waals surface area contributed by atoms with Crippen LogP contribution in [0.5, 0.6) is 28.7 Å². The molecule has 2 atom stereocenters. The Balaban J connectivity index is 2.01. The number of ether oxygens (including phenoxy) is 4. The minimum Gasteiger partial charge on any atom is -0.502 e. The van der Waals surface area contributed by atoms with Crippen molar-refractivity contribution in [3.8, 4) is 28.7 Å².